The first-order valence-corrected chi connectivity index (χ1v) is 10.6. The van der Waals surface area contributed by atoms with Gasteiger partial charge in [0.1, 0.15) is 11.6 Å². The first-order valence-electron chi connectivity index (χ1n) is 9.76. The van der Waals surface area contributed by atoms with Crippen LogP contribution in [-0.2, 0) is 4.79 Å². The van der Waals surface area contributed by atoms with E-state index < -0.39 is 0 Å². The molecule has 1 unspecified atom stereocenters. The first kappa shape index (κ1) is 20.6. The summed E-state index contributed by atoms with van der Waals surface area (Å²) in [6, 6.07) is 7.82. The number of nitrogens with one attached hydrogen (secondary N) is 2. The van der Waals surface area contributed by atoms with Crippen LogP contribution in [0.2, 0.25) is 0 Å². The summed E-state index contributed by atoms with van der Waals surface area (Å²) in [5.74, 6) is 0.462. The maximum Gasteiger partial charge on any atom is 0.247 e. The van der Waals surface area contributed by atoms with E-state index in [1.165, 1.54) is 19.4 Å². The summed E-state index contributed by atoms with van der Waals surface area (Å²) in [6.07, 6.45) is 4.69. The van der Waals surface area contributed by atoms with Gasteiger partial charge >= 0.3 is 0 Å². The number of amides is 1. The van der Waals surface area contributed by atoms with Crippen LogP contribution < -0.4 is 20.3 Å². The van der Waals surface area contributed by atoms with Crippen molar-refractivity contribution in [3.63, 3.8) is 0 Å². The van der Waals surface area contributed by atoms with Gasteiger partial charge in [-0.25, -0.2) is 9.97 Å². The minimum atomic E-state index is -0.240. The molecule has 3 heterocycles. The van der Waals surface area contributed by atoms with Crippen molar-refractivity contribution in [1.29, 1.82) is 5.26 Å². The summed E-state index contributed by atoms with van der Waals surface area (Å²) >= 11 is 1.59. The highest BCUT2D eigenvalue weighted by atomic mass is 32.1. The lowest BCUT2D eigenvalue weighted by atomic mass is 10.1. The van der Waals surface area contributed by atoms with Crippen molar-refractivity contribution in [2.45, 2.75) is 18.9 Å². The van der Waals surface area contributed by atoms with Gasteiger partial charge < -0.3 is 20.3 Å². The smallest absolute Gasteiger partial charge is 0.247 e. The summed E-state index contributed by atoms with van der Waals surface area (Å²) in [4.78, 5) is 27.1. The predicted octanol–water partition coefficient (Wildman–Crippen LogP) is 3.17. The molecule has 1 amide bonds. The first-order chi connectivity index (χ1) is 15.1. The fourth-order valence-corrected chi connectivity index (χ4v) is 4.48. The van der Waals surface area contributed by atoms with E-state index >= 15 is 0 Å². The molecule has 31 heavy (non-hydrogen) atoms. The largest absolute Gasteiger partial charge is 0.480 e. The average Bonchev–Trinajstić information content (AvgIpc) is 3.22. The van der Waals surface area contributed by atoms with Crippen molar-refractivity contribution in [3.05, 3.63) is 42.6 Å². The van der Waals surface area contributed by atoms with Gasteiger partial charge in [-0.1, -0.05) is 17.9 Å². The van der Waals surface area contributed by atoms with E-state index in [9.17, 15) is 4.79 Å². The van der Waals surface area contributed by atoms with E-state index in [4.69, 9.17) is 15.0 Å². The summed E-state index contributed by atoms with van der Waals surface area (Å²) in [5.41, 5.74) is 1.92. The van der Waals surface area contributed by atoms with Crippen molar-refractivity contribution in [1.82, 2.24) is 15.0 Å². The van der Waals surface area contributed by atoms with Crippen LogP contribution in [0.1, 0.15) is 18.4 Å². The van der Waals surface area contributed by atoms with Gasteiger partial charge in [0.15, 0.2) is 5.13 Å². The minimum absolute atomic E-state index is 0.140. The van der Waals surface area contributed by atoms with Gasteiger partial charge in [-0.3, -0.25) is 4.79 Å². The van der Waals surface area contributed by atoms with Crippen LogP contribution in [-0.4, -0.2) is 47.1 Å². The van der Waals surface area contributed by atoms with E-state index in [-0.39, 0.29) is 17.8 Å². The van der Waals surface area contributed by atoms with Gasteiger partial charge in [-0.2, -0.15) is 10.2 Å². The van der Waals surface area contributed by atoms with E-state index in [1.807, 2.05) is 24.3 Å². The SMILES string of the molecule is C=CC(=O)Nc1ccc2nc(N3CCCC(Nc4ncc(C#N)c(OC)n4)C3)sc2c1. The molecule has 0 bridgehead atoms. The van der Waals surface area contributed by atoms with Gasteiger partial charge in [-0.15, -0.1) is 0 Å². The maximum atomic E-state index is 11.5. The van der Waals surface area contributed by atoms with E-state index in [0.29, 0.717) is 11.5 Å². The highest BCUT2D eigenvalue weighted by Gasteiger charge is 2.23. The van der Waals surface area contributed by atoms with Gasteiger partial charge in [0.25, 0.3) is 0 Å². The molecule has 1 aliphatic heterocycles. The standard InChI is InChI=1S/C21H21N7O2S/c1-3-18(29)24-14-6-7-16-17(9-14)31-21(26-16)28-8-4-5-15(12-28)25-20-23-11-13(10-22)19(27-20)30-2/h3,6-7,9,11,15H,1,4-5,8,12H2,2H3,(H,24,29)(H,23,25,27). The second kappa shape index (κ2) is 8.97. The Kier molecular flexibility index (Phi) is 5.95. The molecule has 158 valence electrons. The zero-order valence-electron chi connectivity index (χ0n) is 17.0. The van der Waals surface area contributed by atoms with Crippen molar-refractivity contribution in [2.24, 2.45) is 0 Å². The Labute approximate surface area is 183 Å². The Morgan fingerprint density at radius 3 is 3.10 bits per heavy atom. The number of rotatable bonds is 6. The molecule has 1 aliphatic rings. The lowest BCUT2D eigenvalue weighted by molar-refractivity contribution is -0.111. The lowest BCUT2D eigenvalue weighted by Gasteiger charge is -2.32. The Hall–Kier alpha value is -3.71. The van der Waals surface area contributed by atoms with Crippen LogP contribution in [0.5, 0.6) is 5.88 Å². The molecule has 1 saturated heterocycles. The normalized spacial score (nSPS) is 15.9. The summed E-state index contributed by atoms with van der Waals surface area (Å²) < 4.78 is 6.17. The van der Waals surface area contributed by atoms with Crippen LogP contribution in [0.25, 0.3) is 10.2 Å². The van der Waals surface area contributed by atoms with E-state index in [2.05, 4.69) is 32.1 Å². The number of methoxy groups -OCH3 is 1. The third kappa shape index (κ3) is 4.57. The van der Waals surface area contributed by atoms with Crippen LogP contribution in [0, 0.1) is 11.3 Å². The van der Waals surface area contributed by atoms with Crippen LogP contribution >= 0.6 is 11.3 Å². The number of aromatic nitrogens is 3. The number of hydrogen-bond donors (Lipinski definition) is 2. The molecule has 10 heteroatoms. The number of fused-ring (bicyclic) bond motifs is 1. The molecule has 3 aromatic rings. The van der Waals surface area contributed by atoms with Crippen LogP contribution in [0.4, 0.5) is 16.8 Å². The number of anilines is 3. The molecule has 9 nitrogen and oxygen atoms in total. The molecule has 0 saturated carbocycles. The monoisotopic (exact) mass is 435 g/mol. The summed E-state index contributed by atoms with van der Waals surface area (Å²) in [5, 5.41) is 16.1. The zero-order chi connectivity index (χ0) is 21.8. The topological polar surface area (TPSA) is 116 Å². The highest BCUT2D eigenvalue weighted by molar-refractivity contribution is 7.22. The average molecular weight is 436 g/mol. The molecule has 0 spiro atoms. The quantitative estimate of drug-likeness (QED) is 0.567. The fourth-order valence-electron chi connectivity index (χ4n) is 3.44. The molecular weight excluding hydrogens is 414 g/mol. The molecule has 0 aliphatic carbocycles. The van der Waals surface area contributed by atoms with Gasteiger partial charge in [0.05, 0.1) is 23.5 Å². The van der Waals surface area contributed by atoms with Crippen molar-refractivity contribution in [3.8, 4) is 11.9 Å². The molecule has 2 N–H and O–H groups in total. The number of nitriles is 1. The third-order valence-corrected chi connectivity index (χ3v) is 6.00. The summed E-state index contributed by atoms with van der Waals surface area (Å²) in [7, 11) is 1.48. The Balaban J connectivity index is 1.48. The second-order valence-electron chi connectivity index (χ2n) is 7.03. The molecule has 1 fully saturated rings. The maximum absolute atomic E-state index is 11.5. The van der Waals surface area contributed by atoms with Crippen molar-refractivity contribution in [2.75, 3.05) is 35.7 Å². The number of thiazole rings is 1. The van der Waals surface area contributed by atoms with E-state index in [0.717, 1.165) is 47.0 Å². The van der Waals surface area contributed by atoms with Gasteiger partial charge in [0, 0.05) is 24.8 Å². The Morgan fingerprint density at radius 2 is 2.32 bits per heavy atom. The number of carbonyl (C=O) groups excluding carboxylic acids is 1. The second-order valence-corrected chi connectivity index (χ2v) is 8.04. The fraction of sp³-hybridized carbons (Fsp3) is 0.286. The van der Waals surface area contributed by atoms with Crippen molar-refractivity contribution >= 4 is 44.2 Å². The molecule has 4 rings (SSSR count). The lowest BCUT2D eigenvalue weighted by Crippen LogP contribution is -2.42. The number of piperidine rings is 1. The van der Waals surface area contributed by atoms with Crippen molar-refractivity contribution < 1.29 is 9.53 Å². The molecule has 2 aromatic heterocycles. The minimum Gasteiger partial charge on any atom is -0.480 e. The van der Waals surface area contributed by atoms with Gasteiger partial charge in [-0.05, 0) is 37.1 Å². The van der Waals surface area contributed by atoms with Crippen LogP contribution in [0.15, 0.2) is 37.1 Å². The number of ether oxygens (including phenoxy) is 1. The number of hydrogen-bond acceptors (Lipinski definition) is 9. The van der Waals surface area contributed by atoms with Crippen LogP contribution in [0.3, 0.4) is 0 Å². The molecule has 0 radical (unpaired) electrons. The molecule has 1 aromatic carbocycles. The summed E-state index contributed by atoms with van der Waals surface area (Å²) in [6.45, 7) is 5.14. The Morgan fingerprint density at radius 1 is 1.45 bits per heavy atom. The molecule has 1 atom stereocenters. The predicted molar refractivity (Wildman–Crippen MR) is 121 cm³/mol. The third-order valence-electron chi connectivity index (χ3n) is 4.92. The number of carbonyl (C=O) groups is 1. The molecular formula is C21H21N7O2S. The number of nitrogens with zero attached hydrogens (tertiary/aromatic N) is 5. The van der Waals surface area contributed by atoms with Gasteiger partial charge in [0.2, 0.25) is 17.7 Å². The number of benzene rings is 1. The highest BCUT2D eigenvalue weighted by Crippen LogP contribution is 2.32. The van der Waals surface area contributed by atoms with E-state index in [1.54, 1.807) is 11.3 Å². The zero-order valence-corrected chi connectivity index (χ0v) is 17.8. The Bertz CT molecular complexity index is 1170.